The smallest absolute Gasteiger partial charge is 0.305 e. The molecule has 1 heterocycles. The van der Waals surface area contributed by atoms with Gasteiger partial charge in [0.25, 0.3) is 5.91 Å². The zero-order chi connectivity index (χ0) is 38.2. The van der Waals surface area contributed by atoms with Crippen molar-refractivity contribution in [3.05, 3.63) is 102 Å². The van der Waals surface area contributed by atoms with Crippen molar-refractivity contribution in [2.75, 3.05) is 19.7 Å². The van der Waals surface area contributed by atoms with Crippen molar-refractivity contribution in [1.82, 2.24) is 25.9 Å². The van der Waals surface area contributed by atoms with Gasteiger partial charge in [-0.2, -0.15) is 0 Å². The van der Waals surface area contributed by atoms with Crippen LogP contribution in [0.15, 0.2) is 85.2 Å². The van der Waals surface area contributed by atoms with E-state index < -0.39 is 29.7 Å². The Hall–Kier alpha value is -5.58. The Morgan fingerprint density at radius 2 is 1.42 bits per heavy atom. The molecule has 11 nitrogen and oxygen atoms in total. The van der Waals surface area contributed by atoms with Crippen molar-refractivity contribution < 1.29 is 29.0 Å². The molecule has 11 heteroatoms. The first kappa shape index (κ1) is 40.2. The van der Waals surface area contributed by atoms with Gasteiger partial charge >= 0.3 is 5.97 Å². The molecular formula is C42H51N5O6. The summed E-state index contributed by atoms with van der Waals surface area (Å²) in [6, 6.07) is 21.6. The summed E-state index contributed by atoms with van der Waals surface area (Å²) < 4.78 is 5.89. The quantitative estimate of drug-likeness (QED) is 0.0799. The molecule has 1 aromatic heterocycles. The number of hydrogen-bond donors (Lipinski definition) is 4. The van der Waals surface area contributed by atoms with E-state index in [1.165, 1.54) is 25.7 Å². The summed E-state index contributed by atoms with van der Waals surface area (Å²) in [6.45, 7) is 8.74. The lowest BCUT2D eigenvalue weighted by molar-refractivity contribution is -0.137. The molecule has 0 radical (unpaired) electrons. The molecule has 0 aliphatic carbocycles. The summed E-state index contributed by atoms with van der Waals surface area (Å²) >= 11 is 0. The lowest BCUT2D eigenvalue weighted by atomic mass is 9.86. The van der Waals surface area contributed by atoms with Crippen LogP contribution in [0.2, 0.25) is 0 Å². The van der Waals surface area contributed by atoms with E-state index in [9.17, 15) is 19.2 Å². The third kappa shape index (κ3) is 13.2. The predicted molar refractivity (Wildman–Crippen MR) is 206 cm³/mol. The van der Waals surface area contributed by atoms with Crippen LogP contribution in [0.3, 0.4) is 0 Å². The fraction of sp³-hybridized carbons (Fsp3) is 0.381. The number of aliphatic carboxylic acids is 1. The number of ether oxygens (including phenoxy) is 1. The third-order valence-electron chi connectivity index (χ3n) is 8.73. The maximum Gasteiger partial charge on any atom is 0.305 e. The number of carbonyl (C=O) groups excluding carboxylic acids is 3. The van der Waals surface area contributed by atoms with Crippen LogP contribution >= 0.6 is 0 Å². The molecule has 53 heavy (non-hydrogen) atoms. The number of hydrogen-bond acceptors (Lipinski definition) is 7. The Morgan fingerprint density at radius 1 is 0.774 bits per heavy atom. The number of unbranched alkanes of at least 4 members (excludes halogenated alkanes) is 4. The molecule has 3 aromatic carbocycles. The topological polar surface area (TPSA) is 160 Å². The Kier molecular flexibility index (Phi) is 15.1. The Balaban J connectivity index is 1.39. The second-order valence-electron chi connectivity index (χ2n) is 14.0. The van der Waals surface area contributed by atoms with Crippen molar-refractivity contribution in [3.8, 4) is 28.3 Å². The molecular weight excluding hydrogens is 670 g/mol. The summed E-state index contributed by atoms with van der Waals surface area (Å²) in [5.41, 5.74) is 4.79. The van der Waals surface area contributed by atoms with Crippen LogP contribution in [0.25, 0.3) is 22.5 Å². The Morgan fingerprint density at radius 3 is 2.04 bits per heavy atom. The first-order valence-corrected chi connectivity index (χ1v) is 18.2. The number of aromatic nitrogens is 2. The minimum Gasteiger partial charge on any atom is -0.494 e. The van der Waals surface area contributed by atoms with E-state index in [0.29, 0.717) is 18.0 Å². The monoisotopic (exact) mass is 721 g/mol. The van der Waals surface area contributed by atoms with Crippen LogP contribution in [-0.4, -0.2) is 64.5 Å². The number of rotatable bonds is 19. The van der Waals surface area contributed by atoms with Gasteiger partial charge < -0.3 is 25.8 Å². The zero-order valence-corrected chi connectivity index (χ0v) is 31.1. The molecule has 0 aliphatic heterocycles. The van der Waals surface area contributed by atoms with Crippen LogP contribution in [0, 0.1) is 0 Å². The van der Waals surface area contributed by atoms with Gasteiger partial charge in [0.15, 0.2) is 5.82 Å². The van der Waals surface area contributed by atoms with Crippen LogP contribution in [-0.2, 0) is 26.2 Å². The van der Waals surface area contributed by atoms with E-state index in [4.69, 9.17) is 9.84 Å². The van der Waals surface area contributed by atoms with Gasteiger partial charge in [0.05, 0.1) is 19.6 Å². The van der Waals surface area contributed by atoms with Gasteiger partial charge in [-0.15, -0.1) is 0 Å². The van der Waals surface area contributed by atoms with Crippen molar-refractivity contribution in [3.63, 3.8) is 0 Å². The summed E-state index contributed by atoms with van der Waals surface area (Å²) in [7, 11) is 0. The first-order valence-electron chi connectivity index (χ1n) is 18.2. The van der Waals surface area contributed by atoms with Crippen LogP contribution < -0.4 is 20.7 Å². The maximum absolute atomic E-state index is 13.3. The van der Waals surface area contributed by atoms with Crippen LogP contribution in [0.4, 0.5) is 0 Å². The summed E-state index contributed by atoms with van der Waals surface area (Å²) in [6.07, 6.45) is 9.45. The van der Waals surface area contributed by atoms with Crippen molar-refractivity contribution in [2.45, 2.75) is 84.1 Å². The van der Waals surface area contributed by atoms with Gasteiger partial charge in [0.1, 0.15) is 11.8 Å². The second kappa shape index (κ2) is 19.9. The molecule has 0 fully saturated rings. The van der Waals surface area contributed by atoms with Crippen LogP contribution in [0.5, 0.6) is 5.75 Å². The molecule has 0 saturated heterocycles. The van der Waals surface area contributed by atoms with Gasteiger partial charge in [-0.1, -0.05) is 102 Å². The number of carboxylic acid groups (broad SMARTS) is 1. The van der Waals surface area contributed by atoms with Gasteiger partial charge in [-0.3, -0.25) is 19.2 Å². The van der Waals surface area contributed by atoms with Gasteiger partial charge in [0, 0.05) is 42.0 Å². The fourth-order valence-electron chi connectivity index (χ4n) is 5.53. The highest BCUT2D eigenvalue weighted by Gasteiger charge is 2.23. The standard InChI is InChI=1S/C42H51N5O6/c1-5-6-7-8-9-24-53-35-20-16-30(17-21-35)33-26-44-39(45-27-33)31-12-10-29(11-13-31)25-36(41(52)46-28-37(48)43-23-22-38(49)50)47-40(51)32-14-18-34(19-15-32)42(2,3)4/h10-21,26-27,36H,5-9,22-25,28H2,1-4H3,(H,43,48)(H,46,52)(H,47,51)(H,49,50). The van der Waals surface area contributed by atoms with E-state index in [1.54, 1.807) is 24.5 Å². The minimum absolute atomic E-state index is 0.0601. The van der Waals surface area contributed by atoms with Crippen molar-refractivity contribution in [1.29, 1.82) is 0 Å². The Bertz CT molecular complexity index is 1780. The SMILES string of the molecule is CCCCCCCOc1ccc(-c2cnc(-c3ccc(CC(NC(=O)c4ccc(C(C)(C)C)cc4)C(=O)NCC(=O)NCCC(=O)O)cc3)nc2)cc1. The van der Waals surface area contributed by atoms with E-state index >= 15 is 0 Å². The average molecular weight is 722 g/mol. The maximum atomic E-state index is 13.3. The molecule has 0 aliphatic rings. The summed E-state index contributed by atoms with van der Waals surface area (Å²) in [5, 5.41) is 16.6. The first-order chi connectivity index (χ1) is 25.4. The summed E-state index contributed by atoms with van der Waals surface area (Å²) in [4.78, 5) is 58.7. The fourth-order valence-corrected chi connectivity index (χ4v) is 5.53. The average Bonchev–Trinajstić information content (AvgIpc) is 3.15. The number of carbonyl (C=O) groups is 4. The minimum atomic E-state index is -1.04. The van der Waals surface area contributed by atoms with E-state index in [-0.39, 0.29) is 31.3 Å². The molecule has 0 saturated carbocycles. The van der Waals surface area contributed by atoms with E-state index in [2.05, 4.69) is 53.6 Å². The molecule has 0 bridgehead atoms. The third-order valence-corrected chi connectivity index (χ3v) is 8.73. The highest BCUT2D eigenvalue weighted by atomic mass is 16.5. The van der Waals surface area contributed by atoms with Crippen molar-refractivity contribution >= 4 is 23.7 Å². The number of nitrogens with zero attached hydrogens (tertiary/aromatic N) is 2. The predicted octanol–water partition coefficient (Wildman–Crippen LogP) is 6.51. The Labute approximate surface area is 312 Å². The molecule has 4 N–H and O–H groups in total. The zero-order valence-electron chi connectivity index (χ0n) is 31.1. The second-order valence-corrected chi connectivity index (χ2v) is 14.0. The lowest BCUT2D eigenvalue weighted by Gasteiger charge is -2.21. The molecule has 1 unspecified atom stereocenters. The highest BCUT2D eigenvalue weighted by molar-refractivity contribution is 5.98. The van der Waals surface area contributed by atoms with Gasteiger partial charge in [-0.25, -0.2) is 9.97 Å². The van der Waals surface area contributed by atoms with Gasteiger partial charge in [0.2, 0.25) is 11.8 Å². The molecule has 4 rings (SSSR count). The highest BCUT2D eigenvalue weighted by Crippen LogP contribution is 2.24. The number of benzene rings is 3. The summed E-state index contributed by atoms with van der Waals surface area (Å²) in [5.74, 6) is -1.18. The van der Waals surface area contributed by atoms with Crippen molar-refractivity contribution in [2.24, 2.45) is 0 Å². The molecule has 3 amide bonds. The molecule has 280 valence electrons. The molecule has 0 spiro atoms. The lowest BCUT2D eigenvalue weighted by Crippen LogP contribution is -2.50. The normalized spacial score (nSPS) is 11.7. The van der Waals surface area contributed by atoms with E-state index in [1.807, 2.05) is 60.7 Å². The molecule has 4 aromatic rings. The largest absolute Gasteiger partial charge is 0.494 e. The number of carboxylic acids is 1. The number of nitrogens with one attached hydrogen (secondary N) is 3. The van der Waals surface area contributed by atoms with Crippen LogP contribution in [0.1, 0.15) is 87.7 Å². The van der Waals surface area contributed by atoms with Gasteiger partial charge in [-0.05, 0) is 52.8 Å². The number of amides is 3. The van der Waals surface area contributed by atoms with E-state index in [0.717, 1.165) is 40.0 Å². The molecule has 1 atom stereocenters.